The van der Waals surface area contributed by atoms with Gasteiger partial charge in [0.1, 0.15) is 0 Å². The number of oxime groups is 1. The molecule has 0 amide bonds. The van der Waals surface area contributed by atoms with Gasteiger partial charge in [-0.3, -0.25) is 0 Å². The Morgan fingerprint density at radius 1 is 1.45 bits per heavy atom. The van der Waals surface area contributed by atoms with Crippen LogP contribution in [0.4, 0.5) is 0 Å². The summed E-state index contributed by atoms with van der Waals surface area (Å²) in [6.07, 6.45) is 2.48. The molecule has 110 valence electrons. The largest absolute Gasteiger partial charge is 0.409 e. The molecule has 4 N–H and O–H groups in total. The summed E-state index contributed by atoms with van der Waals surface area (Å²) >= 11 is 0. The maximum Gasteiger partial charge on any atom is 0.179 e. The SMILES string of the molecule is N/C(=N/O)c1cccc(S(=O)(=O)CCNCC2CC2)c1. The molecular weight excluding hydrogens is 278 g/mol. The zero-order chi connectivity index (χ0) is 14.6. The molecule has 1 aliphatic carbocycles. The lowest BCUT2D eigenvalue weighted by Gasteiger charge is -2.07. The van der Waals surface area contributed by atoms with Crippen LogP contribution in [0.2, 0.25) is 0 Å². The number of benzene rings is 1. The van der Waals surface area contributed by atoms with Gasteiger partial charge >= 0.3 is 0 Å². The van der Waals surface area contributed by atoms with Crippen LogP contribution in [0.15, 0.2) is 34.3 Å². The molecule has 0 radical (unpaired) electrons. The van der Waals surface area contributed by atoms with Crippen molar-refractivity contribution in [3.63, 3.8) is 0 Å². The zero-order valence-electron chi connectivity index (χ0n) is 11.1. The van der Waals surface area contributed by atoms with Gasteiger partial charge in [-0.05, 0) is 37.4 Å². The fraction of sp³-hybridized carbons (Fsp3) is 0.462. The van der Waals surface area contributed by atoms with Gasteiger partial charge in [0, 0.05) is 12.1 Å². The van der Waals surface area contributed by atoms with Crippen LogP contribution in [-0.4, -0.2) is 38.3 Å². The first-order valence-electron chi connectivity index (χ1n) is 6.54. The Bertz CT molecular complexity index is 595. The summed E-state index contributed by atoms with van der Waals surface area (Å²) < 4.78 is 24.3. The number of nitrogens with zero attached hydrogens (tertiary/aromatic N) is 1. The highest BCUT2D eigenvalue weighted by Gasteiger charge is 2.21. The number of hydrogen-bond donors (Lipinski definition) is 3. The van der Waals surface area contributed by atoms with E-state index in [0.29, 0.717) is 12.1 Å². The average molecular weight is 297 g/mol. The number of amidine groups is 1. The molecule has 0 bridgehead atoms. The van der Waals surface area contributed by atoms with E-state index < -0.39 is 9.84 Å². The number of rotatable bonds is 7. The second kappa shape index (κ2) is 6.23. The van der Waals surface area contributed by atoms with Gasteiger partial charge in [-0.2, -0.15) is 0 Å². The normalized spacial score (nSPS) is 16.3. The van der Waals surface area contributed by atoms with Gasteiger partial charge in [0.05, 0.1) is 10.6 Å². The molecular formula is C13H19N3O3S. The average Bonchev–Trinajstić information content (AvgIpc) is 3.27. The highest BCUT2D eigenvalue weighted by atomic mass is 32.2. The molecule has 2 rings (SSSR count). The Labute approximate surface area is 118 Å². The third kappa shape index (κ3) is 3.94. The topological polar surface area (TPSA) is 105 Å². The molecule has 7 heteroatoms. The highest BCUT2D eigenvalue weighted by molar-refractivity contribution is 7.91. The van der Waals surface area contributed by atoms with Crippen molar-refractivity contribution in [2.75, 3.05) is 18.8 Å². The lowest BCUT2D eigenvalue weighted by molar-refractivity contribution is 0.318. The molecule has 0 unspecified atom stereocenters. The van der Waals surface area contributed by atoms with Crippen LogP contribution in [0, 0.1) is 5.92 Å². The lowest BCUT2D eigenvalue weighted by Crippen LogP contribution is -2.25. The molecule has 0 heterocycles. The summed E-state index contributed by atoms with van der Waals surface area (Å²) in [6.45, 7) is 1.33. The summed E-state index contributed by atoms with van der Waals surface area (Å²) in [6, 6.07) is 6.12. The molecule has 0 spiro atoms. The van der Waals surface area contributed by atoms with Crippen LogP contribution in [0.5, 0.6) is 0 Å². The van der Waals surface area contributed by atoms with Crippen LogP contribution in [-0.2, 0) is 9.84 Å². The second-order valence-corrected chi connectivity index (χ2v) is 7.09. The van der Waals surface area contributed by atoms with Crippen molar-refractivity contribution in [2.45, 2.75) is 17.7 Å². The van der Waals surface area contributed by atoms with Crippen molar-refractivity contribution < 1.29 is 13.6 Å². The Morgan fingerprint density at radius 2 is 2.20 bits per heavy atom. The van der Waals surface area contributed by atoms with Crippen LogP contribution >= 0.6 is 0 Å². The molecule has 0 saturated heterocycles. The molecule has 0 aliphatic heterocycles. The predicted octanol–water partition coefficient (Wildman–Crippen LogP) is 0.554. The Kier molecular flexibility index (Phi) is 4.61. The third-order valence-corrected chi connectivity index (χ3v) is 4.99. The molecule has 1 aliphatic rings. The monoisotopic (exact) mass is 297 g/mol. The van der Waals surface area contributed by atoms with Gasteiger partial charge in [-0.15, -0.1) is 0 Å². The smallest absolute Gasteiger partial charge is 0.179 e. The first-order chi connectivity index (χ1) is 9.53. The van der Waals surface area contributed by atoms with Crippen molar-refractivity contribution in [3.8, 4) is 0 Å². The molecule has 6 nitrogen and oxygen atoms in total. The Morgan fingerprint density at radius 3 is 2.85 bits per heavy atom. The molecule has 20 heavy (non-hydrogen) atoms. The fourth-order valence-corrected chi connectivity index (χ4v) is 3.10. The van der Waals surface area contributed by atoms with Gasteiger partial charge in [0.15, 0.2) is 15.7 Å². The second-order valence-electron chi connectivity index (χ2n) is 4.98. The lowest BCUT2D eigenvalue weighted by atomic mass is 10.2. The number of sulfone groups is 1. The standard InChI is InChI=1S/C13H19N3O3S/c14-13(16-17)11-2-1-3-12(8-11)20(18,19)7-6-15-9-10-4-5-10/h1-3,8,10,15,17H,4-7,9H2,(H2,14,16). The van der Waals surface area contributed by atoms with E-state index in [1.807, 2.05) is 0 Å². The molecule has 1 aromatic carbocycles. The number of nitrogens with two attached hydrogens (primary N) is 1. The van der Waals surface area contributed by atoms with E-state index in [2.05, 4.69) is 10.5 Å². The maximum atomic E-state index is 12.2. The van der Waals surface area contributed by atoms with E-state index in [4.69, 9.17) is 10.9 Å². The van der Waals surface area contributed by atoms with E-state index in [1.165, 1.54) is 25.0 Å². The summed E-state index contributed by atoms with van der Waals surface area (Å²) in [4.78, 5) is 0.190. The van der Waals surface area contributed by atoms with E-state index in [9.17, 15) is 8.42 Å². The van der Waals surface area contributed by atoms with Crippen molar-refractivity contribution in [2.24, 2.45) is 16.8 Å². The van der Waals surface area contributed by atoms with E-state index in [0.717, 1.165) is 12.5 Å². The van der Waals surface area contributed by atoms with Gasteiger partial charge in [0.25, 0.3) is 0 Å². The van der Waals surface area contributed by atoms with Crippen molar-refractivity contribution >= 4 is 15.7 Å². The minimum absolute atomic E-state index is 0.0410. The van der Waals surface area contributed by atoms with Gasteiger partial charge < -0.3 is 16.3 Å². The molecule has 1 saturated carbocycles. The van der Waals surface area contributed by atoms with Gasteiger partial charge in [0.2, 0.25) is 0 Å². The summed E-state index contributed by atoms with van der Waals surface area (Å²) in [5.41, 5.74) is 5.85. The molecule has 1 fully saturated rings. The van der Waals surface area contributed by atoms with Crippen molar-refractivity contribution in [3.05, 3.63) is 29.8 Å². The Hall–Kier alpha value is -1.60. The van der Waals surface area contributed by atoms with Crippen molar-refractivity contribution in [1.29, 1.82) is 0 Å². The molecule has 0 atom stereocenters. The first-order valence-corrected chi connectivity index (χ1v) is 8.19. The fourth-order valence-electron chi connectivity index (χ4n) is 1.86. The van der Waals surface area contributed by atoms with Crippen LogP contribution < -0.4 is 11.1 Å². The quantitative estimate of drug-likeness (QED) is 0.224. The van der Waals surface area contributed by atoms with E-state index in [-0.39, 0.29) is 16.5 Å². The summed E-state index contributed by atoms with van der Waals surface area (Å²) in [7, 11) is -3.36. The maximum absolute atomic E-state index is 12.2. The summed E-state index contributed by atoms with van der Waals surface area (Å²) in [5, 5.41) is 14.6. The number of hydrogen-bond acceptors (Lipinski definition) is 5. The number of nitrogens with one attached hydrogen (secondary N) is 1. The van der Waals surface area contributed by atoms with Crippen LogP contribution in [0.1, 0.15) is 18.4 Å². The molecule has 1 aromatic rings. The van der Waals surface area contributed by atoms with Gasteiger partial charge in [-0.1, -0.05) is 17.3 Å². The van der Waals surface area contributed by atoms with E-state index >= 15 is 0 Å². The summed E-state index contributed by atoms with van der Waals surface area (Å²) in [5.74, 6) is 0.662. The molecule has 0 aromatic heterocycles. The predicted molar refractivity (Wildman–Crippen MR) is 76.6 cm³/mol. The van der Waals surface area contributed by atoms with Crippen LogP contribution in [0.3, 0.4) is 0 Å². The van der Waals surface area contributed by atoms with E-state index in [1.54, 1.807) is 12.1 Å². The van der Waals surface area contributed by atoms with Crippen LogP contribution in [0.25, 0.3) is 0 Å². The minimum atomic E-state index is -3.36. The van der Waals surface area contributed by atoms with Gasteiger partial charge in [-0.25, -0.2) is 8.42 Å². The highest BCUT2D eigenvalue weighted by Crippen LogP contribution is 2.27. The Balaban J connectivity index is 2.00. The minimum Gasteiger partial charge on any atom is -0.409 e. The zero-order valence-corrected chi connectivity index (χ0v) is 11.9. The third-order valence-electron chi connectivity index (χ3n) is 3.27. The van der Waals surface area contributed by atoms with Crippen molar-refractivity contribution in [1.82, 2.24) is 5.32 Å². The first kappa shape index (κ1) is 14.8.